The van der Waals surface area contributed by atoms with Crippen molar-refractivity contribution in [2.24, 2.45) is 14.1 Å². The first kappa shape index (κ1) is 19.9. The molecule has 2 aromatic rings. The number of carbonyl (C=O) groups is 1. The number of aryl methyl sites for hydroxylation is 2. The molecule has 0 radical (unpaired) electrons. The molecule has 0 spiro atoms. The molecular weight excluding hydrogens is 354 g/mol. The molecule has 0 fully saturated rings. The van der Waals surface area contributed by atoms with Gasteiger partial charge in [0.2, 0.25) is 5.91 Å². The van der Waals surface area contributed by atoms with Gasteiger partial charge in [-0.1, -0.05) is 31.2 Å². The molecule has 1 amide bonds. The van der Waals surface area contributed by atoms with Gasteiger partial charge in [0.05, 0.1) is 5.56 Å². The van der Waals surface area contributed by atoms with Gasteiger partial charge in [-0.15, -0.1) is 0 Å². The quantitative estimate of drug-likeness (QED) is 0.743. The molecule has 28 heavy (non-hydrogen) atoms. The van der Waals surface area contributed by atoms with E-state index in [1.54, 1.807) is 7.05 Å². The Hall–Kier alpha value is -2.89. The maximum absolute atomic E-state index is 12.9. The number of hydrogen-bond acceptors (Lipinski definition) is 3. The molecule has 1 aliphatic rings. The summed E-state index contributed by atoms with van der Waals surface area (Å²) in [5, 5.41) is 0. The molecule has 1 aromatic carbocycles. The number of nitrogens with zero attached hydrogens (tertiary/aromatic N) is 3. The highest BCUT2D eigenvalue weighted by Gasteiger charge is 2.26. The summed E-state index contributed by atoms with van der Waals surface area (Å²) < 4.78 is 2.39. The lowest BCUT2D eigenvalue weighted by Crippen LogP contribution is -2.43. The topological polar surface area (TPSA) is 64.3 Å². The third kappa shape index (κ3) is 4.01. The third-order valence-electron chi connectivity index (χ3n) is 5.39. The lowest BCUT2D eigenvalue weighted by molar-refractivity contribution is -0.128. The van der Waals surface area contributed by atoms with Crippen molar-refractivity contribution in [3.63, 3.8) is 0 Å². The first-order valence-corrected chi connectivity index (χ1v) is 9.74. The van der Waals surface area contributed by atoms with E-state index < -0.39 is 5.56 Å². The van der Waals surface area contributed by atoms with Crippen LogP contribution in [-0.4, -0.2) is 32.5 Å². The molecule has 0 saturated heterocycles. The van der Waals surface area contributed by atoms with Crippen LogP contribution in [0.15, 0.2) is 46.1 Å². The molecule has 1 unspecified atom stereocenters. The molecule has 0 bridgehead atoms. The third-order valence-corrected chi connectivity index (χ3v) is 5.39. The van der Waals surface area contributed by atoms with Gasteiger partial charge in [-0.3, -0.25) is 14.2 Å². The van der Waals surface area contributed by atoms with E-state index in [0.717, 1.165) is 30.3 Å². The lowest BCUT2D eigenvalue weighted by Gasteiger charge is -2.34. The minimum atomic E-state index is -0.402. The fourth-order valence-electron chi connectivity index (χ4n) is 3.87. The van der Waals surface area contributed by atoms with E-state index in [4.69, 9.17) is 0 Å². The minimum Gasteiger partial charge on any atom is -0.336 e. The van der Waals surface area contributed by atoms with Crippen molar-refractivity contribution in [3.05, 3.63) is 74.1 Å². The first-order chi connectivity index (χ1) is 13.4. The van der Waals surface area contributed by atoms with Gasteiger partial charge in [0, 0.05) is 39.0 Å². The monoisotopic (exact) mass is 381 g/mol. The zero-order chi connectivity index (χ0) is 20.3. The Morgan fingerprint density at radius 1 is 1.21 bits per heavy atom. The van der Waals surface area contributed by atoms with Gasteiger partial charge < -0.3 is 9.47 Å². The van der Waals surface area contributed by atoms with Gasteiger partial charge in [0.25, 0.3) is 5.56 Å². The highest BCUT2D eigenvalue weighted by Crippen LogP contribution is 2.25. The molecular formula is C22H27N3O3. The van der Waals surface area contributed by atoms with Crippen molar-refractivity contribution < 1.29 is 4.79 Å². The molecule has 1 aromatic heterocycles. The van der Waals surface area contributed by atoms with Crippen molar-refractivity contribution in [2.75, 3.05) is 6.54 Å². The minimum absolute atomic E-state index is 0.0952. The van der Waals surface area contributed by atoms with E-state index in [-0.39, 0.29) is 17.6 Å². The summed E-state index contributed by atoms with van der Waals surface area (Å²) in [4.78, 5) is 38.9. The zero-order valence-electron chi connectivity index (χ0n) is 16.7. The van der Waals surface area contributed by atoms with Crippen molar-refractivity contribution in [3.8, 4) is 0 Å². The maximum atomic E-state index is 12.9. The summed E-state index contributed by atoms with van der Waals surface area (Å²) >= 11 is 0. The smallest absolute Gasteiger partial charge is 0.330 e. The summed E-state index contributed by atoms with van der Waals surface area (Å²) in [6, 6.07) is 8.56. The summed E-state index contributed by atoms with van der Waals surface area (Å²) in [7, 11) is 3.02. The average molecular weight is 381 g/mol. The zero-order valence-corrected chi connectivity index (χ0v) is 16.7. The summed E-state index contributed by atoms with van der Waals surface area (Å²) in [5.41, 5.74) is 2.21. The number of fused-ring (bicyclic) bond motifs is 1. The van der Waals surface area contributed by atoms with Crippen LogP contribution < -0.4 is 11.2 Å². The predicted molar refractivity (Wildman–Crippen MR) is 110 cm³/mol. The largest absolute Gasteiger partial charge is 0.336 e. The van der Waals surface area contributed by atoms with Crippen molar-refractivity contribution in [1.82, 2.24) is 14.0 Å². The van der Waals surface area contributed by atoms with Gasteiger partial charge in [-0.2, -0.15) is 0 Å². The highest BCUT2D eigenvalue weighted by molar-refractivity contribution is 5.92. The fourth-order valence-corrected chi connectivity index (χ4v) is 3.87. The van der Waals surface area contributed by atoms with Crippen molar-refractivity contribution in [1.29, 1.82) is 0 Å². The predicted octanol–water partition coefficient (Wildman–Crippen LogP) is 1.89. The van der Waals surface area contributed by atoms with Crippen LogP contribution in [0.3, 0.4) is 0 Å². The number of aromatic nitrogens is 2. The second-order valence-corrected chi connectivity index (χ2v) is 7.37. The number of carbonyl (C=O) groups excluding carboxylic acids is 1. The SMILES string of the molecule is CCCN(C(=O)/C=C/c1cn(C)c(=O)n(C)c1=O)C1CCc2ccccc2C1. The van der Waals surface area contributed by atoms with E-state index in [1.165, 1.54) is 41.1 Å². The van der Waals surface area contributed by atoms with Crippen LogP contribution in [0.25, 0.3) is 6.08 Å². The molecule has 6 nitrogen and oxygen atoms in total. The van der Waals surface area contributed by atoms with Crippen LogP contribution in [0.2, 0.25) is 0 Å². The first-order valence-electron chi connectivity index (χ1n) is 9.74. The Bertz CT molecular complexity index is 1020. The molecule has 1 heterocycles. The Morgan fingerprint density at radius 3 is 2.64 bits per heavy atom. The van der Waals surface area contributed by atoms with E-state index in [2.05, 4.69) is 25.1 Å². The Kier molecular flexibility index (Phi) is 5.97. The number of benzene rings is 1. The molecule has 3 rings (SSSR count). The van der Waals surface area contributed by atoms with Gasteiger partial charge in [-0.25, -0.2) is 4.79 Å². The molecule has 1 aliphatic carbocycles. The Labute approximate surface area is 164 Å². The lowest BCUT2D eigenvalue weighted by atomic mass is 9.87. The standard InChI is InChI=1S/C22H27N3O3/c1-4-13-25(19-11-9-16-7-5-6-8-17(16)14-19)20(26)12-10-18-15-23(2)22(28)24(3)21(18)27/h5-8,10,12,15,19H,4,9,11,13-14H2,1-3H3/b12-10+. The highest BCUT2D eigenvalue weighted by atomic mass is 16.2. The average Bonchev–Trinajstić information content (AvgIpc) is 2.71. The number of hydrogen-bond donors (Lipinski definition) is 0. The van der Waals surface area contributed by atoms with E-state index >= 15 is 0 Å². The molecule has 1 atom stereocenters. The van der Waals surface area contributed by atoms with E-state index in [1.807, 2.05) is 11.0 Å². The van der Waals surface area contributed by atoms with E-state index in [9.17, 15) is 14.4 Å². The van der Waals surface area contributed by atoms with Gasteiger partial charge in [0.1, 0.15) is 0 Å². The van der Waals surface area contributed by atoms with Crippen LogP contribution in [0.4, 0.5) is 0 Å². The van der Waals surface area contributed by atoms with Crippen LogP contribution >= 0.6 is 0 Å². The Balaban J connectivity index is 1.82. The molecule has 0 aliphatic heterocycles. The van der Waals surface area contributed by atoms with Gasteiger partial charge in [-0.05, 0) is 42.9 Å². The fraction of sp³-hybridized carbons (Fsp3) is 0.409. The van der Waals surface area contributed by atoms with Crippen LogP contribution in [0, 0.1) is 0 Å². The molecule has 0 saturated carbocycles. The summed E-state index contributed by atoms with van der Waals surface area (Å²) in [5.74, 6) is -0.0952. The normalized spacial score (nSPS) is 16.2. The summed E-state index contributed by atoms with van der Waals surface area (Å²) in [6.07, 6.45) is 8.09. The molecule has 0 N–H and O–H groups in total. The number of amides is 1. The maximum Gasteiger partial charge on any atom is 0.330 e. The van der Waals surface area contributed by atoms with Crippen LogP contribution in [-0.2, 0) is 31.7 Å². The van der Waals surface area contributed by atoms with Gasteiger partial charge >= 0.3 is 5.69 Å². The van der Waals surface area contributed by atoms with Crippen LogP contribution in [0.1, 0.15) is 36.5 Å². The molecule has 6 heteroatoms. The Morgan fingerprint density at radius 2 is 1.93 bits per heavy atom. The second-order valence-electron chi connectivity index (χ2n) is 7.37. The molecule has 148 valence electrons. The summed E-state index contributed by atoms with van der Waals surface area (Å²) in [6.45, 7) is 2.74. The van der Waals surface area contributed by atoms with Crippen molar-refractivity contribution in [2.45, 2.75) is 38.6 Å². The van der Waals surface area contributed by atoms with Crippen LogP contribution in [0.5, 0.6) is 0 Å². The van der Waals surface area contributed by atoms with E-state index in [0.29, 0.717) is 12.1 Å². The van der Waals surface area contributed by atoms with Crippen molar-refractivity contribution >= 4 is 12.0 Å². The second kappa shape index (κ2) is 8.42. The van der Waals surface area contributed by atoms with Gasteiger partial charge in [0.15, 0.2) is 0 Å². The number of rotatable bonds is 5.